The zero-order valence-corrected chi connectivity index (χ0v) is 14.9. The Morgan fingerprint density at radius 1 is 1.29 bits per heavy atom. The molecule has 3 rings (SSSR count). The van der Waals surface area contributed by atoms with Gasteiger partial charge in [0.15, 0.2) is 0 Å². The van der Waals surface area contributed by atoms with Gasteiger partial charge < -0.3 is 4.74 Å². The summed E-state index contributed by atoms with van der Waals surface area (Å²) in [7, 11) is 1.73. The molecule has 1 fully saturated rings. The van der Waals surface area contributed by atoms with Crippen molar-refractivity contribution < 1.29 is 4.74 Å². The van der Waals surface area contributed by atoms with Crippen LogP contribution in [0.4, 0.5) is 0 Å². The van der Waals surface area contributed by atoms with Crippen LogP contribution < -0.4 is 4.74 Å². The summed E-state index contributed by atoms with van der Waals surface area (Å²) in [6, 6.07) is 8.48. The van der Waals surface area contributed by atoms with Crippen molar-refractivity contribution in [2.75, 3.05) is 20.2 Å². The van der Waals surface area contributed by atoms with Crippen molar-refractivity contribution in [1.29, 1.82) is 0 Å². The third-order valence-corrected chi connectivity index (χ3v) is 5.00. The van der Waals surface area contributed by atoms with Gasteiger partial charge in [0, 0.05) is 31.4 Å². The van der Waals surface area contributed by atoms with E-state index in [9.17, 15) is 0 Å². The van der Waals surface area contributed by atoms with Crippen LogP contribution in [0.3, 0.4) is 0 Å². The predicted molar refractivity (Wildman–Crippen MR) is 97.2 cm³/mol. The number of rotatable bonds is 7. The van der Waals surface area contributed by atoms with Crippen LogP contribution in [-0.4, -0.2) is 34.9 Å². The van der Waals surface area contributed by atoms with Crippen molar-refractivity contribution in [3.05, 3.63) is 47.8 Å². The van der Waals surface area contributed by atoms with Gasteiger partial charge in [0.1, 0.15) is 5.75 Å². The minimum atomic E-state index is 0.797. The van der Waals surface area contributed by atoms with Crippen LogP contribution in [0.15, 0.2) is 36.7 Å². The second-order valence-corrected chi connectivity index (χ2v) is 6.84. The maximum atomic E-state index is 5.33. The highest BCUT2D eigenvalue weighted by atomic mass is 16.5. The van der Waals surface area contributed by atoms with Crippen molar-refractivity contribution >= 4 is 0 Å². The molecule has 1 aliphatic rings. The number of aryl methyl sites for hydroxylation is 2. The molecule has 0 amide bonds. The fraction of sp³-hybridized carbons (Fsp3) is 0.550. The average Bonchev–Trinajstić information content (AvgIpc) is 3.08. The Hall–Kier alpha value is -1.81. The monoisotopic (exact) mass is 327 g/mol. The molecule has 0 bridgehead atoms. The number of hydrogen-bond acceptors (Lipinski definition) is 3. The zero-order valence-electron chi connectivity index (χ0n) is 14.9. The van der Waals surface area contributed by atoms with Crippen LogP contribution in [0.25, 0.3) is 0 Å². The van der Waals surface area contributed by atoms with Gasteiger partial charge in [-0.1, -0.05) is 12.1 Å². The van der Waals surface area contributed by atoms with Crippen molar-refractivity contribution in [3.63, 3.8) is 0 Å². The van der Waals surface area contributed by atoms with Crippen LogP contribution in [0.2, 0.25) is 0 Å². The first-order chi connectivity index (χ1) is 11.8. The number of aromatic nitrogens is 2. The van der Waals surface area contributed by atoms with E-state index >= 15 is 0 Å². The van der Waals surface area contributed by atoms with Gasteiger partial charge in [0.05, 0.1) is 13.3 Å². The van der Waals surface area contributed by atoms with E-state index in [1.54, 1.807) is 7.11 Å². The lowest BCUT2D eigenvalue weighted by Crippen LogP contribution is -2.35. The van der Waals surface area contributed by atoms with E-state index in [4.69, 9.17) is 4.74 Å². The van der Waals surface area contributed by atoms with Gasteiger partial charge >= 0.3 is 0 Å². The summed E-state index contributed by atoms with van der Waals surface area (Å²) in [5.41, 5.74) is 2.72. The number of ether oxygens (including phenoxy) is 1. The van der Waals surface area contributed by atoms with Gasteiger partial charge in [0.25, 0.3) is 0 Å². The normalized spacial score (nSPS) is 18.7. The third-order valence-electron chi connectivity index (χ3n) is 5.00. The first kappa shape index (κ1) is 17.0. The van der Waals surface area contributed by atoms with Gasteiger partial charge in [-0.3, -0.25) is 9.58 Å². The molecule has 1 unspecified atom stereocenters. The maximum Gasteiger partial charge on any atom is 0.119 e. The standard InChI is InChI=1S/C20H29N3O/c1-3-23-16-19(13-21-23)15-22-11-5-7-18(14-22)10-9-17-6-4-8-20(12-17)24-2/h4,6,8,12-13,16,18H,3,5,7,9-11,14-15H2,1-2H3. The molecule has 1 saturated heterocycles. The second-order valence-electron chi connectivity index (χ2n) is 6.84. The molecule has 0 aliphatic carbocycles. The van der Waals surface area contributed by atoms with E-state index in [0.717, 1.165) is 31.2 Å². The van der Waals surface area contributed by atoms with Gasteiger partial charge in [-0.25, -0.2) is 0 Å². The SMILES string of the molecule is CCn1cc(CN2CCCC(CCc3cccc(OC)c3)C2)cn1. The largest absolute Gasteiger partial charge is 0.497 e. The Labute approximate surface area is 145 Å². The van der Waals surface area contributed by atoms with E-state index in [0.29, 0.717) is 0 Å². The van der Waals surface area contributed by atoms with Gasteiger partial charge in [-0.2, -0.15) is 5.10 Å². The number of nitrogens with zero attached hydrogens (tertiary/aromatic N) is 3. The maximum absolute atomic E-state index is 5.33. The van der Waals surface area contributed by atoms with E-state index in [-0.39, 0.29) is 0 Å². The molecule has 1 atom stereocenters. The first-order valence-corrected chi connectivity index (χ1v) is 9.13. The van der Waals surface area contributed by atoms with Crippen LogP contribution in [-0.2, 0) is 19.5 Å². The molecule has 2 aromatic rings. The molecule has 0 spiro atoms. The van der Waals surface area contributed by atoms with Crippen molar-refractivity contribution in [3.8, 4) is 5.75 Å². The van der Waals surface area contributed by atoms with E-state index < -0.39 is 0 Å². The smallest absolute Gasteiger partial charge is 0.119 e. The summed E-state index contributed by atoms with van der Waals surface area (Å²) in [4.78, 5) is 2.59. The minimum Gasteiger partial charge on any atom is -0.497 e. The Balaban J connectivity index is 1.49. The van der Waals surface area contributed by atoms with Crippen molar-refractivity contribution in [1.82, 2.24) is 14.7 Å². The Morgan fingerprint density at radius 2 is 2.21 bits per heavy atom. The number of piperidine rings is 1. The molecule has 0 N–H and O–H groups in total. The lowest BCUT2D eigenvalue weighted by molar-refractivity contribution is 0.162. The van der Waals surface area contributed by atoms with E-state index in [1.165, 1.54) is 43.5 Å². The molecule has 1 aromatic heterocycles. The molecular weight excluding hydrogens is 298 g/mol. The minimum absolute atomic E-state index is 0.797. The average molecular weight is 327 g/mol. The summed E-state index contributed by atoms with van der Waals surface area (Å²) in [6.07, 6.45) is 9.27. The van der Waals surface area contributed by atoms with Gasteiger partial charge in [-0.15, -0.1) is 0 Å². The third kappa shape index (κ3) is 4.60. The lowest BCUT2D eigenvalue weighted by atomic mass is 9.91. The van der Waals surface area contributed by atoms with Crippen molar-refractivity contribution in [2.45, 2.75) is 45.7 Å². The molecule has 0 radical (unpaired) electrons. The Bertz CT molecular complexity index is 637. The first-order valence-electron chi connectivity index (χ1n) is 9.13. The van der Waals surface area contributed by atoms with Gasteiger partial charge in [-0.05, 0) is 62.8 Å². The quantitative estimate of drug-likeness (QED) is 0.776. The number of benzene rings is 1. The molecule has 4 nitrogen and oxygen atoms in total. The number of hydrogen-bond donors (Lipinski definition) is 0. The summed E-state index contributed by atoms with van der Waals surface area (Å²) in [5.74, 6) is 1.76. The van der Waals surface area contributed by atoms with Crippen LogP contribution >= 0.6 is 0 Å². The second kappa shape index (κ2) is 8.34. The molecular formula is C20H29N3O. The summed E-state index contributed by atoms with van der Waals surface area (Å²) in [6.45, 7) is 6.54. The highest BCUT2D eigenvalue weighted by Crippen LogP contribution is 2.24. The number of likely N-dealkylation sites (tertiary alicyclic amines) is 1. The highest BCUT2D eigenvalue weighted by molar-refractivity contribution is 5.28. The molecule has 1 aliphatic heterocycles. The molecule has 130 valence electrons. The number of methoxy groups -OCH3 is 1. The Morgan fingerprint density at radius 3 is 3.00 bits per heavy atom. The fourth-order valence-electron chi connectivity index (χ4n) is 3.65. The fourth-order valence-corrected chi connectivity index (χ4v) is 3.65. The summed E-state index contributed by atoms with van der Waals surface area (Å²) in [5, 5.41) is 4.39. The lowest BCUT2D eigenvalue weighted by Gasteiger charge is -2.32. The van der Waals surface area contributed by atoms with Crippen molar-refractivity contribution in [2.24, 2.45) is 5.92 Å². The molecule has 24 heavy (non-hydrogen) atoms. The molecule has 0 saturated carbocycles. The highest BCUT2D eigenvalue weighted by Gasteiger charge is 2.20. The van der Waals surface area contributed by atoms with Crippen LogP contribution in [0.5, 0.6) is 5.75 Å². The topological polar surface area (TPSA) is 30.3 Å². The van der Waals surface area contributed by atoms with E-state index in [1.807, 2.05) is 16.9 Å². The van der Waals surface area contributed by atoms with Gasteiger partial charge in [0.2, 0.25) is 0 Å². The van der Waals surface area contributed by atoms with Crippen LogP contribution in [0, 0.1) is 5.92 Å². The summed E-state index contributed by atoms with van der Waals surface area (Å²) >= 11 is 0. The zero-order chi connectivity index (χ0) is 16.8. The predicted octanol–water partition coefficient (Wildman–Crippen LogP) is 3.76. The summed E-state index contributed by atoms with van der Waals surface area (Å²) < 4.78 is 7.34. The van der Waals surface area contributed by atoms with Crippen LogP contribution in [0.1, 0.15) is 37.3 Å². The molecule has 4 heteroatoms. The molecule has 2 heterocycles. The van der Waals surface area contributed by atoms with E-state index in [2.05, 4.69) is 41.3 Å². The molecule has 1 aromatic carbocycles. The Kier molecular flexibility index (Phi) is 5.91.